The van der Waals surface area contributed by atoms with Crippen LogP contribution in [0, 0.1) is 13.8 Å². The summed E-state index contributed by atoms with van der Waals surface area (Å²) in [6.45, 7) is 6.24. The van der Waals surface area contributed by atoms with E-state index < -0.39 is 6.10 Å². The highest BCUT2D eigenvalue weighted by molar-refractivity contribution is 7.98. The molecule has 25 heavy (non-hydrogen) atoms. The van der Waals surface area contributed by atoms with Gasteiger partial charge in [0.15, 0.2) is 6.10 Å². The van der Waals surface area contributed by atoms with Gasteiger partial charge in [-0.25, -0.2) is 0 Å². The number of thioether (sulfide) groups is 1. The maximum Gasteiger partial charge on any atom is 0.260 e. The van der Waals surface area contributed by atoms with Crippen LogP contribution in [-0.2, 0) is 10.5 Å². The zero-order valence-electron chi connectivity index (χ0n) is 14.8. The van der Waals surface area contributed by atoms with Gasteiger partial charge in [0.2, 0.25) is 0 Å². The minimum Gasteiger partial charge on any atom is -0.481 e. The summed E-state index contributed by atoms with van der Waals surface area (Å²) in [7, 11) is 0. The number of hydrogen-bond acceptors (Lipinski definition) is 3. The number of ether oxygens (including phenoxy) is 1. The largest absolute Gasteiger partial charge is 0.481 e. The lowest BCUT2D eigenvalue weighted by molar-refractivity contribution is -0.127. The molecule has 1 N–H and O–H groups in total. The van der Waals surface area contributed by atoms with Crippen LogP contribution in [0.5, 0.6) is 5.75 Å². The predicted octanol–water partition coefficient (Wildman–Crippen LogP) is 4.77. The molecule has 0 spiro atoms. The number of benzene rings is 2. The van der Waals surface area contributed by atoms with E-state index in [-0.39, 0.29) is 5.91 Å². The summed E-state index contributed by atoms with van der Waals surface area (Å²) in [5.41, 5.74) is 3.19. The Bertz CT molecular complexity index is 683. The second-order valence-electron chi connectivity index (χ2n) is 5.96. The Morgan fingerprint density at radius 1 is 1.20 bits per heavy atom. The number of nitrogens with one attached hydrogen (secondary N) is 1. The molecule has 1 amide bonds. The molecular weight excluding hydrogens is 354 g/mol. The van der Waals surface area contributed by atoms with Gasteiger partial charge in [-0.3, -0.25) is 4.79 Å². The summed E-state index contributed by atoms with van der Waals surface area (Å²) >= 11 is 7.95. The topological polar surface area (TPSA) is 38.3 Å². The third-order valence-corrected chi connectivity index (χ3v) is 5.38. The Morgan fingerprint density at radius 2 is 1.84 bits per heavy atom. The number of halogens is 1. The van der Waals surface area contributed by atoms with Crippen molar-refractivity contribution in [2.24, 2.45) is 0 Å². The van der Waals surface area contributed by atoms with E-state index in [9.17, 15) is 4.79 Å². The zero-order chi connectivity index (χ0) is 18.2. The van der Waals surface area contributed by atoms with Crippen molar-refractivity contribution in [1.82, 2.24) is 5.32 Å². The Labute approximate surface area is 159 Å². The summed E-state index contributed by atoms with van der Waals surface area (Å²) in [4.78, 5) is 12.1. The van der Waals surface area contributed by atoms with Crippen LogP contribution in [-0.4, -0.2) is 24.3 Å². The van der Waals surface area contributed by atoms with Crippen LogP contribution < -0.4 is 10.1 Å². The normalized spacial score (nSPS) is 11.8. The Hall–Kier alpha value is -1.65. The van der Waals surface area contributed by atoms with Gasteiger partial charge in [0.1, 0.15) is 5.75 Å². The van der Waals surface area contributed by atoms with E-state index in [1.807, 2.05) is 44.2 Å². The minimum atomic E-state index is -0.543. The molecule has 0 aromatic heterocycles. The second-order valence-corrected chi connectivity index (χ2v) is 7.44. The van der Waals surface area contributed by atoms with Crippen LogP contribution in [0.15, 0.2) is 42.5 Å². The molecule has 0 saturated heterocycles. The van der Waals surface area contributed by atoms with Gasteiger partial charge in [-0.15, -0.1) is 0 Å². The van der Waals surface area contributed by atoms with Crippen molar-refractivity contribution >= 4 is 29.3 Å². The van der Waals surface area contributed by atoms with Crippen molar-refractivity contribution in [3.05, 3.63) is 64.2 Å². The van der Waals surface area contributed by atoms with Gasteiger partial charge in [0.05, 0.1) is 0 Å². The molecular formula is C20H24ClNO2S. The molecule has 0 radical (unpaired) electrons. The van der Waals surface area contributed by atoms with E-state index >= 15 is 0 Å². The van der Waals surface area contributed by atoms with Gasteiger partial charge >= 0.3 is 0 Å². The molecule has 1 atom stereocenters. The number of carbonyl (C=O) groups is 1. The lowest BCUT2D eigenvalue weighted by Gasteiger charge is -2.16. The summed E-state index contributed by atoms with van der Waals surface area (Å²) in [6, 6.07) is 14.0. The summed E-state index contributed by atoms with van der Waals surface area (Å²) < 4.78 is 5.74. The molecule has 1 unspecified atom stereocenters. The van der Waals surface area contributed by atoms with Gasteiger partial charge in [-0.2, -0.15) is 11.8 Å². The first-order valence-corrected chi connectivity index (χ1v) is 9.83. The van der Waals surface area contributed by atoms with Crippen LogP contribution in [0.4, 0.5) is 0 Å². The van der Waals surface area contributed by atoms with Crippen LogP contribution >= 0.6 is 23.4 Å². The molecule has 0 saturated carbocycles. The fourth-order valence-corrected chi connectivity index (χ4v) is 3.31. The molecule has 0 heterocycles. The SMILES string of the molecule is Cc1cc(OC(C)C(=O)NCCSCc2ccccc2)cc(C)c1Cl. The highest BCUT2D eigenvalue weighted by Crippen LogP contribution is 2.26. The Balaban J connectivity index is 1.71. The molecule has 0 aliphatic carbocycles. The number of aryl methyl sites for hydroxylation is 2. The number of rotatable bonds is 8. The van der Waals surface area contributed by atoms with E-state index in [2.05, 4.69) is 17.4 Å². The summed E-state index contributed by atoms with van der Waals surface area (Å²) in [5, 5.41) is 3.65. The lowest BCUT2D eigenvalue weighted by Crippen LogP contribution is -2.37. The predicted molar refractivity (Wildman–Crippen MR) is 107 cm³/mol. The first kappa shape index (κ1) is 19.7. The highest BCUT2D eigenvalue weighted by Gasteiger charge is 2.15. The number of hydrogen-bond donors (Lipinski definition) is 1. The van der Waals surface area contributed by atoms with Crippen molar-refractivity contribution in [2.75, 3.05) is 12.3 Å². The fourth-order valence-electron chi connectivity index (χ4n) is 2.39. The molecule has 2 aromatic carbocycles. The average Bonchev–Trinajstić information content (AvgIpc) is 2.60. The van der Waals surface area contributed by atoms with Crippen molar-refractivity contribution in [1.29, 1.82) is 0 Å². The number of amides is 1. The van der Waals surface area contributed by atoms with Gasteiger partial charge in [-0.1, -0.05) is 41.9 Å². The van der Waals surface area contributed by atoms with Crippen LogP contribution in [0.3, 0.4) is 0 Å². The maximum atomic E-state index is 12.1. The minimum absolute atomic E-state index is 0.106. The molecule has 0 aliphatic heterocycles. The first-order valence-electron chi connectivity index (χ1n) is 8.30. The average molecular weight is 378 g/mol. The summed E-state index contributed by atoms with van der Waals surface area (Å²) in [6.07, 6.45) is -0.543. The summed E-state index contributed by atoms with van der Waals surface area (Å²) in [5.74, 6) is 2.38. The smallest absolute Gasteiger partial charge is 0.260 e. The standard InChI is InChI=1S/C20H24ClNO2S/c1-14-11-18(12-15(2)19(14)21)24-16(3)20(23)22-9-10-25-13-17-7-5-4-6-8-17/h4-8,11-12,16H,9-10,13H2,1-3H3,(H,22,23). The third kappa shape index (κ3) is 6.29. The van der Waals surface area contributed by atoms with Crippen LogP contribution in [0.25, 0.3) is 0 Å². The van der Waals surface area contributed by atoms with E-state index in [1.165, 1.54) is 5.56 Å². The van der Waals surface area contributed by atoms with E-state index in [4.69, 9.17) is 16.3 Å². The van der Waals surface area contributed by atoms with E-state index in [0.29, 0.717) is 12.3 Å². The first-order chi connectivity index (χ1) is 12.0. The molecule has 0 bridgehead atoms. The van der Waals surface area contributed by atoms with Crippen molar-refractivity contribution < 1.29 is 9.53 Å². The van der Waals surface area contributed by atoms with Gasteiger partial charge in [0.25, 0.3) is 5.91 Å². The van der Waals surface area contributed by atoms with E-state index in [0.717, 1.165) is 27.7 Å². The Morgan fingerprint density at radius 3 is 2.48 bits per heavy atom. The highest BCUT2D eigenvalue weighted by atomic mass is 35.5. The molecule has 0 fully saturated rings. The monoisotopic (exact) mass is 377 g/mol. The molecule has 5 heteroatoms. The molecule has 2 aromatic rings. The van der Waals surface area contributed by atoms with E-state index in [1.54, 1.807) is 18.7 Å². The number of carbonyl (C=O) groups excluding carboxylic acids is 1. The fraction of sp³-hybridized carbons (Fsp3) is 0.350. The lowest BCUT2D eigenvalue weighted by atomic mass is 10.1. The van der Waals surface area contributed by atoms with Crippen LogP contribution in [0.1, 0.15) is 23.6 Å². The van der Waals surface area contributed by atoms with Gasteiger partial charge in [-0.05, 0) is 49.6 Å². The second kappa shape index (κ2) is 9.73. The molecule has 2 rings (SSSR count). The third-order valence-electron chi connectivity index (χ3n) is 3.75. The maximum absolute atomic E-state index is 12.1. The zero-order valence-corrected chi connectivity index (χ0v) is 16.4. The van der Waals surface area contributed by atoms with Crippen LogP contribution in [0.2, 0.25) is 5.02 Å². The molecule has 134 valence electrons. The quantitative estimate of drug-likeness (QED) is 0.673. The molecule has 3 nitrogen and oxygen atoms in total. The Kier molecular flexibility index (Phi) is 7.66. The molecule has 0 aliphatic rings. The van der Waals surface area contributed by atoms with Crippen molar-refractivity contribution in [2.45, 2.75) is 32.6 Å². The van der Waals surface area contributed by atoms with Gasteiger partial charge < -0.3 is 10.1 Å². The van der Waals surface area contributed by atoms with Gasteiger partial charge in [0, 0.05) is 23.1 Å². The van der Waals surface area contributed by atoms with Crippen molar-refractivity contribution in [3.63, 3.8) is 0 Å². The van der Waals surface area contributed by atoms with Crippen molar-refractivity contribution in [3.8, 4) is 5.75 Å².